The van der Waals surface area contributed by atoms with E-state index in [1.807, 2.05) is 0 Å². The normalized spacial score (nSPS) is 20.8. The standard InChI is InChI=1S/C14H17BrN2O4S/c1-9(12-7-11(15)2-3-13(12)18)16-17-14(19)6-10-4-5-22(20,21)8-10/h2-3,7,10,18H,4-6,8H2,1H3,(H,17,19)/b16-9+/t10-/m1/s1. The van der Waals surface area contributed by atoms with Crippen molar-refractivity contribution in [2.45, 2.75) is 19.8 Å². The highest BCUT2D eigenvalue weighted by atomic mass is 79.9. The lowest BCUT2D eigenvalue weighted by Gasteiger charge is -2.08. The van der Waals surface area contributed by atoms with Gasteiger partial charge in [-0.1, -0.05) is 15.9 Å². The predicted octanol–water partition coefficient (Wildman–Crippen LogP) is 1.82. The van der Waals surface area contributed by atoms with Crippen LogP contribution in [0.25, 0.3) is 0 Å². The van der Waals surface area contributed by atoms with E-state index in [9.17, 15) is 18.3 Å². The number of aromatic hydroxyl groups is 1. The number of benzene rings is 1. The first-order valence-electron chi connectivity index (χ1n) is 6.79. The third-order valence-corrected chi connectivity index (χ3v) is 5.83. The molecule has 0 saturated carbocycles. The van der Waals surface area contributed by atoms with E-state index in [0.29, 0.717) is 17.7 Å². The van der Waals surface area contributed by atoms with Crippen LogP contribution in [0.15, 0.2) is 27.8 Å². The minimum absolute atomic E-state index is 0.0650. The van der Waals surface area contributed by atoms with Crippen molar-refractivity contribution in [3.8, 4) is 5.75 Å². The van der Waals surface area contributed by atoms with Crippen molar-refractivity contribution in [3.63, 3.8) is 0 Å². The quantitative estimate of drug-likeness (QED) is 0.607. The number of rotatable bonds is 4. The van der Waals surface area contributed by atoms with E-state index in [-0.39, 0.29) is 35.5 Å². The number of halogens is 1. The van der Waals surface area contributed by atoms with Gasteiger partial charge in [-0.25, -0.2) is 13.8 Å². The summed E-state index contributed by atoms with van der Waals surface area (Å²) in [5.74, 6) is -0.175. The van der Waals surface area contributed by atoms with Crippen LogP contribution in [0.4, 0.5) is 0 Å². The van der Waals surface area contributed by atoms with Gasteiger partial charge < -0.3 is 5.11 Å². The Morgan fingerprint density at radius 1 is 1.50 bits per heavy atom. The summed E-state index contributed by atoms with van der Waals surface area (Å²) >= 11 is 3.30. The first kappa shape index (κ1) is 17.0. The molecule has 0 aliphatic carbocycles. The molecule has 1 saturated heterocycles. The molecule has 0 aromatic heterocycles. The minimum Gasteiger partial charge on any atom is -0.507 e. The lowest BCUT2D eigenvalue weighted by molar-refractivity contribution is -0.121. The van der Waals surface area contributed by atoms with E-state index in [2.05, 4.69) is 26.5 Å². The molecule has 0 radical (unpaired) electrons. The number of carbonyl (C=O) groups excluding carboxylic acids is 1. The molecular formula is C14H17BrN2O4S. The molecular weight excluding hydrogens is 372 g/mol. The Labute approximate surface area is 137 Å². The Morgan fingerprint density at radius 2 is 2.23 bits per heavy atom. The third kappa shape index (κ3) is 4.54. The molecule has 1 heterocycles. The van der Waals surface area contributed by atoms with Gasteiger partial charge >= 0.3 is 0 Å². The number of hydrazone groups is 1. The van der Waals surface area contributed by atoms with Gasteiger partial charge in [-0.05, 0) is 37.5 Å². The van der Waals surface area contributed by atoms with Crippen molar-refractivity contribution in [1.29, 1.82) is 0 Å². The molecule has 6 nitrogen and oxygen atoms in total. The van der Waals surface area contributed by atoms with Crippen molar-refractivity contribution in [2.24, 2.45) is 11.0 Å². The highest BCUT2D eigenvalue weighted by molar-refractivity contribution is 9.10. The molecule has 1 atom stereocenters. The number of phenolic OH excluding ortho intramolecular Hbond substituents is 1. The van der Waals surface area contributed by atoms with Crippen molar-refractivity contribution < 1.29 is 18.3 Å². The number of carbonyl (C=O) groups is 1. The van der Waals surface area contributed by atoms with E-state index < -0.39 is 9.84 Å². The zero-order valence-electron chi connectivity index (χ0n) is 12.0. The Hall–Kier alpha value is -1.41. The Kier molecular flexibility index (Phi) is 5.23. The van der Waals surface area contributed by atoms with Crippen molar-refractivity contribution in [3.05, 3.63) is 28.2 Å². The fourth-order valence-electron chi connectivity index (χ4n) is 2.35. The second-order valence-electron chi connectivity index (χ2n) is 5.37. The Bertz CT molecular complexity index is 716. The number of sulfone groups is 1. The Balaban J connectivity index is 1.96. The molecule has 1 aliphatic heterocycles. The van der Waals surface area contributed by atoms with Crippen LogP contribution in [-0.2, 0) is 14.6 Å². The summed E-state index contributed by atoms with van der Waals surface area (Å²) in [6, 6.07) is 4.93. The summed E-state index contributed by atoms with van der Waals surface area (Å²) in [4.78, 5) is 11.8. The largest absolute Gasteiger partial charge is 0.507 e. The molecule has 1 aromatic rings. The number of nitrogens with one attached hydrogen (secondary N) is 1. The maximum atomic E-state index is 11.8. The average Bonchev–Trinajstić information content (AvgIpc) is 2.78. The van der Waals surface area contributed by atoms with Crippen LogP contribution in [0.3, 0.4) is 0 Å². The molecule has 1 aromatic carbocycles. The molecule has 1 fully saturated rings. The zero-order chi connectivity index (χ0) is 16.3. The number of hydrogen-bond donors (Lipinski definition) is 2. The zero-order valence-corrected chi connectivity index (χ0v) is 14.4. The fraction of sp³-hybridized carbons (Fsp3) is 0.429. The summed E-state index contributed by atoms with van der Waals surface area (Å²) in [6.07, 6.45) is 0.658. The average molecular weight is 389 g/mol. The van der Waals surface area contributed by atoms with Crippen LogP contribution in [0.5, 0.6) is 5.75 Å². The van der Waals surface area contributed by atoms with Crippen LogP contribution >= 0.6 is 15.9 Å². The number of phenols is 1. The van der Waals surface area contributed by atoms with Gasteiger partial charge in [0.05, 0.1) is 17.2 Å². The van der Waals surface area contributed by atoms with Gasteiger partial charge in [-0.3, -0.25) is 4.79 Å². The van der Waals surface area contributed by atoms with E-state index in [4.69, 9.17) is 0 Å². The SMILES string of the molecule is C/C(=N\NC(=O)C[C@H]1CCS(=O)(=O)C1)c1cc(Br)ccc1O. The molecule has 0 spiro atoms. The van der Waals surface area contributed by atoms with Crippen LogP contribution < -0.4 is 5.43 Å². The maximum Gasteiger partial charge on any atom is 0.240 e. The Morgan fingerprint density at radius 3 is 2.86 bits per heavy atom. The summed E-state index contributed by atoms with van der Waals surface area (Å²) < 4.78 is 23.5. The molecule has 2 N–H and O–H groups in total. The highest BCUT2D eigenvalue weighted by Gasteiger charge is 2.29. The topological polar surface area (TPSA) is 95.8 Å². The fourth-order valence-corrected chi connectivity index (χ4v) is 4.57. The lowest BCUT2D eigenvalue weighted by atomic mass is 10.1. The molecule has 22 heavy (non-hydrogen) atoms. The summed E-state index contributed by atoms with van der Waals surface area (Å²) in [7, 11) is -2.98. The van der Waals surface area contributed by atoms with Crippen LogP contribution in [-0.4, -0.2) is 36.6 Å². The third-order valence-electron chi connectivity index (χ3n) is 3.50. The van der Waals surface area contributed by atoms with Crippen molar-refractivity contribution in [1.82, 2.24) is 5.43 Å². The van der Waals surface area contributed by atoms with Gasteiger partial charge in [0, 0.05) is 16.5 Å². The summed E-state index contributed by atoms with van der Waals surface area (Å²) in [5.41, 5.74) is 3.39. The first-order valence-corrected chi connectivity index (χ1v) is 9.41. The van der Waals surface area contributed by atoms with Gasteiger partial charge in [0.15, 0.2) is 9.84 Å². The number of nitrogens with zero attached hydrogens (tertiary/aromatic N) is 1. The highest BCUT2D eigenvalue weighted by Crippen LogP contribution is 2.23. The second kappa shape index (κ2) is 6.78. The minimum atomic E-state index is -2.98. The number of hydrogen-bond acceptors (Lipinski definition) is 5. The lowest BCUT2D eigenvalue weighted by Crippen LogP contribution is -2.22. The van der Waals surface area contributed by atoms with Gasteiger partial charge in [0.25, 0.3) is 0 Å². The van der Waals surface area contributed by atoms with Crippen LogP contribution in [0.2, 0.25) is 0 Å². The molecule has 1 aliphatic rings. The van der Waals surface area contributed by atoms with Gasteiger partial charge in [-0.15, -0.1) is 0 Å². The van der Waals surface area contributed by atoms with Crippen LogP contribution in [0, 0.1) is 5.92 Å². The van der Waals surface area contributed by atoms with E-state index in [1.165, 1.54) is 6.07 Å². The smallest absolute Gasteiger partial charge is 0.240 e. The van der Waals surface area contributed by atoms with Crippen molar-refractivity contribution >= 4 is 37.4 Å². The molecule has 0 unspecified atom stereocenters. The molecule has 120 valence electrons. The van der Waals surface area contributed by atoms with E-state index in [1.54, 1.807) is 19.1 Å². The molecule has 8 heteroatoms. The molecule has 1 amide bonds. The summed E-state index contributed by atoms with van der Waals surface area (Å²) in [5, 5.41) is 13.7. The first-order chi connectivity index (χ1) is 10.3. The van der Waals surface area contributed by atoms with Crippen LogP contribution in [0.1, 0.15) is 25.3 Å². The maximum absolute atomic E-state index is 11.8. The second-order valence-corrected chi connectivity index (χ2v) is 8.51. The van der Waals surface area contributed by atoms with E-state index >= 15 is 0 Å². The van der Waals surface area contributed by atoms with Gasteiger partial charge in [0.2, 0.25) is 5.91 Å². The summed E-state index contributed by atoms with van der Waals surface area (Å²) in [6.45, 7) is 1.67. The van der Waals surface area contributed by atoms with Gasteiger partial charge in [0.1, 0.15) is 5.75 Å². The monoisotopic (exact) mass is 388 g/mol. The molecule has 0 bridgehead atoms. The van der Waals surface area contributed by atoms with Gasteiger partial charge in [-0.2, -0.15) is 5.10 Å². The predicted molar refractivity (Wildman–Crippen MR) is 87.5 cm³/mol. The van der Waals surface area contributed by atoms with E-state index in [0.717, 1.165) is 4.47 Å². The van der Waals surface area contributed by atoms with Crippen molar-refractivity contribution in [2.75, 3.05) is 11.5 Å². The number of amides is 1. The molecule has 2 rings (SSSR count).